The summed E-state index contributed by atoms with van der Waals surface area (Å²) in [4.78, 5) is 66.9. The fraction of sp³-hybridized carbons (Fsp3) is 0.364. The number of ether oxygens (including phenoxy) is 1. The third-order valence-electron chi connectivity index (χ3n) is 4.98. The third kappa shape index (κ3) is 5.39. The highest BCUT2D eigenvalue weighted by Crippen LogP contribution is 2.21. The van der Waals surface area contributed by atoms with E-state index in [1.165, 1.54) is 41.2 Å². The van der Waals surface area contributed by atoms with Gasteiger partial charge in [-0.3, -0.25) is 23.9 Å². The molecule has 0 unspecified atom stereocenters. The molecule has 1 aromatic carbocycles. The second-order valence-electron chi connectivity index (χ2n) is 7.76. The number of anilines is 2. The molecule has 2 aromatic heterocycles. The molecule has 0 spiro atoms. The van der Waals surface area contributed by atoms with Gasteiger partial charge in [-0.2, -0.15) is 0 Å². The van der Waals surface area contributed by atoms with Gasteiger partial charge in [-0.15, -0.1) is 0 Å². The summed E-state index contributed by atoms with van der Waals surface area (Å²) in [6.07, 6.45) is 1.58. The monoisotopic (exact) mass is 470 g/mol. The van der Waals surface area contributed by atoms with Crippen LogP contribution in [0.1, 0.15) is 49.8 Å². The summed E-state index contributed by atoms with van der Waals surface area (Å²) in [6.45, 7) is 4.73. The van der Waals surface area contributed by atoms with Gasteiger partial charge in [-0.05, 0) is 24.6 Å². The molecule has 0 aliphatic rings. The molecule has 3 rings (SSSR count). The first kappa shape index (κ1) is 24.4. The van der Waals surface area contributed by atoms with Gasteiger partial charge in [0.2, 0.25) is 11.8 Å². The maximum Gasteiger partial charge on any atom is 0.338 e. The van der Waals surface area contributed by atoms with Gasteiger partial charge in [-0.25, -0.2) is 14.6 Å². The first-order chi connectivity index (χ1) is 16.1. The molecular formula is C22H26N6O6. The predicted molar refractivity (Wildman–Crippen MR) is 125 cm³/mol. The Kier molecular flexibility index (Phi) is 7.29. The number of carbonyl (C=O) groups excluding carboxylic acids is 3. The molecule has 34 heavy (non-hydrogen) atoms. The van der Waals surface area contributed by atoms with Crippen LogP contribution < -0.4 is 21.9 Å². The number of fused-ring (bicyclic) bond motifs is 1. The fourth-order valence-corrected chi connectivity index (χ4v) is 3.45. The minimum absolute atomic E-state index is 0.0893. The van der Waals surface area contributed by atoms with Crippen molar-refractivity contribution in [2.75, 3.05) is 10.6 Å². The Morgan fingerprint density at radius 2 is 1.68 bits per heavy atom. The van der Waals surface area contributed by atoms with Crippen molar-refractivity contribution in [3.05, 3.63) is 50.4 Å². The van der Waals surface area contributed by atoms with Crippen molar-refractivity contribution in [3.8, 4) is 0 Å². The number of aromatic amines is 1. The van der Waals surface area contributed by atoms with Crippen LogP contribution in [-0.2, 0) is 34.5 Å². The van der Waals surface area contributed by atoms with E-state index < -0.39 is 17.2 Å². The number of nitrogens with zero attached hydrogens (tertiary/aromatic N) is 3. The number of aromatic nitrogens is 4. The number of imidazole rings is 1. The second kappa shape index (κ2) is 10.1. The van der Waals surface area contributed by atoms with Crippen molar-refractivity contribution in [2.45, 2.75) is 46.8 Å². The van der Waals surface area contributed by atoms with Crippen LogP contribution in [0.15, 0.2) is 27.8 Å². The summed E-state index contributed by atoms with van der Waals surface area (Å²) in [5.41, 5.74) is -0.0128. The molecule has 0 fully saturated rings. The van der Waals surface area contributed by atoms with Crippen molar-refractivity contribution in [1.29, 1.82) is 0 Å². The molecule has 12 heteroatoms. The summed E-state index contributed by atoms with van der Waals surface area (Å²) in [5.74, 6) is -1.16. The number of hydrogen-bond donors (Lipinski definition) is 3. The Labute approximate surface area is 193 Å². The van der Waals surface area contributed by atoms with Gasteiger partial charge < -0.3 is 19.9 Å². The third-order valence-corrected chi connectivity index (χ3v) is 4.98. The largest absolute Gasteiger partial charge is 0.454 e. The number of benzene rings is 1. The highest BCUT2D eigenvalue weighted by molar-refractivity contribution is 5.97. The number of carbonyl (C=O) groups is 3. The first-order valence-electron chi connectivity index (χ1n) is 10.7. The standard InChI is InChI=1S/C22H26N6O6/c1-5-6-7-28-19-18(20(31)26-22(28)33)27(4)17(25-19)11-34-21(32)14-8-15(23-12(2)29)10-16(9-14)24-13(3)30/h8-10H,5-7,11H2,1-4H3,(H,23,29)(H,24,30)(H,26,31,33). The predicted octanol–water partition coefficient (Wildman–Crippen LogP) is 1.50. The van der Waals surface area contributed by atoms with Crippen LogP contribution >= 0.6 is 0 Å². The number of rotatable bonds is 8. The number of esters is 1. The summed E-state index contributed by atoms with van der Waals surface area (Å²) in [7, 11) is 1.59. The number of hydrogen-bond acceptors (Lipinski definition) is 7. The maximum absolute atomic E-state index is 12.7. The van der Waals surface area contributed by atoms with E-state index >= 15 is 0 Å². The van der Waals surface area contributed by atoms with Crippen molar-refractivity contribution < 1.29 is 19.1 Å². The molecule has 3 aromatic rings. The van der Waals surface area contributed by atoms with Gasteiger partial charge in [0.15, 0.2) is 11.2 Å². The van der Waals surface area contributed by atoms with E-state index in [0.717, 1.165) is 12.8 Å². The number of aryl methyl sites for hydroxylation is 2. The zero-order valence-electron chi connectivity index (χ0n) is 19.4. The Hall–Kier alpha value is -4.22. The molecule has 0 aliphatic carbocycles. The van der Waals surface area contributed by atoms with Gasteiger partial charge in [0.05, 0.1) is 5.56 Å². The Bertz CT molecular complexity index is 1350. The molecule has 2 amide bonds. The van der Waals surface area contributed by atoms with E-state index in [4.69, 9.17) is 4.74 Å². The normalized spacial score (nSPS) is 10.8. The SMILES string of the molecule is CCCCn1c(=O)[nH]c(=O)c2c1nc(COC(=O)c1cc(NC(C)=O)cc(NC(C)=O)c1)n2C. The van der Waals surface area contributed by atoms with Crippen molar-refractivity contribution >= 4 is 40.3 Å². The van der Waals surface area contributed by atoms with Gasteiger partial charge in [0, 0.05) is 38.8 Å². The van der Waals surface area contributed by atoms with E-state index in [2.05, 4.69) is 20.6 Å². The van der Waals surface area contributed by atoms with E-state index in [-0.39, 0.29) is 41.0 Å². The minimum Gasteiger partial charge on any atom is -0.454 e. The van der Waals surface area contributed by atoms with Gasteiger partial charge >= 0.3 is 11.7 Å². The lowest BCUT2D eigenvalue weighted by atomic mass is 10.1. The van der Waals surface area contributed by atoms with Crippen LogP contribution in [0, 0.1) is 0 Å². The molecule has 0 saturated carbocycles. The van der Waals surface area contributed by atoms with Crippen molar-refractivity contribution in [1.82, 2.24) is 19.1 Å². The number of amides is 2. The Balaban J connectivity index is 1.90. The molecule has 0 saturated heterocycles. The van der Waals surface area contributed by atoms with E-state index in [1.54, 1.807) is 7.05 Å². The highest BCUT2D eigenvalue weighted by Gasteiger charge is 2.18. The van der Waals surface area contributed by atoms with E-state index in [0.29, 0.717) is 17.9 Å². The smallest absolute Gasteiger partial charge is 0.338 e. The average Bonchev–Trinajstić information content (AvgIpc) is 3.07. The topological polar surface area (TPSA) is 157 Å². The molecule has 180 valence electrons. The minimum atomic E-state index is -0.733. The van der Waals surface area contributed by atoms with Crippen molar-refractivity contribution in [3.63, 3.8) is 0 Å². The Morgan fingerprint density at radius 3 is 2.24 bits per heavy atom. The van der Waals surface area contributed by atoms with Gasteiger partial charge in [-0.1, -0.05) is 13.3 Å². The summed E-state index contributed by atoms with van der Waals surface area (Å²) in [5, 5.41) is 5.13. The molecule has 0 aliphatic heterocycles. The van der Waals surface area contributed by atoms with Crippen LogP contribution in [0.25, 0.3) is 11.2 Å². The second-order valence-corrected chi connectivity index (χ2v) is 7.76. The highest BCUT2D eigenvalue weighted by atomic mass is 16.5. The molecule has 0 bridgehead atoms. The zero-order valence-corrected chi connectivity index (χ0v) is 19.4. The van der Waals surface area contributed by atoms with Crippen molar-refractivity contribution in [2.24, 2.45) is 7.05 Å². The van der Waals surface area contributed by atoms with E-state index in [1.807, 2.05) is 6.92 Å². The molecule has 2 heterocycles. The molecule has 0 atom stereocenters. The van der Waals surface area contributed by atoms with Crippen LogP contribution in [0.2, 0.25) is 0 Å². The van der Waals surface area contributed by atoms with Crippen LogP contribution in [0.4, 0.5) is 11.4 Å². The zero-order chi connectivity index (χ0) is 25.0. The van der Waals surface area contributed by atoms with Gasteiger partial charge in [0.1, 0.15) is 12.4 Å². The van der Waals surface area contributed by atoms with E-state index in [9.17, 15) is 24.0 Å². The number of unbranched alkanes of at least 4 members (excludes halogenated alkanes) is 1. The Morgan fingerprint density at radius 1 is 1.06 bits per heavy atom. The lowest BCUT2D eigenvalue weighted by Crippen LogP contribution is -2.31. The lowest BCUT2D eigenvalue weighted by molar-refractivity contribution is -0.115. The molecule has 3 N–H and O–H groups in total. The molecule has 12 nitrogen and oxygen atoms in total. The lowest BCUT2D eigenvalue weighted by Gasteiger charge is -2.10. The molecule has 0 radical (unpaired) electrons. The average molecular weight is 470 g/mol. The van der Waals surface area contributed by atoms with Gasteiger partial charge in [0.25, 0.3) is 5.56 Å². The quantitative estimate of drug-likeness (QED) is 0.421. The van der Waals surface area contributed by atoms with Crippen LogP contribution in [0.5, 0.6) is 0 Å². The van der Waals surface area contributed by atoms with Crippen LogP contribution in [0.3, 0.4) is 0 Å². The van der Waals surface area contributed by atoms with Crippen LogP contribution in [-0.4, -0.2) is 36.9 Å². The first-order valence-corrected chi connectivity index (χ1v) is 10.7. The molecular weight excluding hydrogens is 444 g/mol. The summed E-state index contributed by atoms with van der Waals surface area (Å²) in [6, 6.07) is 4.33. The summed E-state index contributed by atoms with van der Waals surface area (Å²) >= 11 is 0. The summed E-state index contributed by atoms with van der Waals surface area (Å²) < 4.78 is 8.25. The maximum atomic E-state index is 12.7. The fourth-order valence-electron chi connectivity index (χ4n) is 3.45. The number of nitrogens with one attached hydrogen (secondary N) is 3. The number of H-pyrrole nitrogens is 1.